The summed E-state index contributed by atoms with van der Waals surface area (Å²) in [6.45, 7) is 0. The molecule has 0 amide bonds. The van der Waals surface area contributed by atoms with Crippen molar-refractivity contribution in [1.29, 1.82) is 0 Å². The number of rotatable bonds is 2. The third-order valence-electron chi connectivity index (χ3n) is 10.2. The molecule has 0 atom stereocenters. The van der Waals surface area contributed by atoms with Crippen molar-refractivity contribution >= 4 is 32.3 Å². The summed E-state index contributed by atoms with van der Waals surface area (Å²) in [6.07, 6.45) is 0. The van der Waals surface area contributed by atoms with Gasteiger partial charge in [0, 0.05) is 0 Å². The molecule has 9 aromatic rings. The molecule has 1 aliphatic rings. The van der Waals surface area contributed by atoms with Crippen molar-refractivity contribution in [3.63, 3.8) is 0 Å². The highest BCUT2D eigenvalue weighted by molar-refractivity contribution is 6.23. The van der Waals surface area contributed by atoms with Gasteiger partial charge in [0.2, 0.25) is 0 Å². The highest BCUT2D eigenvalue weighted by atomic mass is 14.3. The van der Waals surface area contributed by atoms with E-state index in [2.05, 4.69) is 182 Å². The third kappa shape index (κ3) is 3.96. The lowest BCUT2D eigenvalue weighted by Crippen LogP contribution is -1.97. The van der Waals surface area contributed by atoms with Crippen LogP contribution in [0.15, 0.2) is 182 Å². The minimum absolute atomic E-state index is 1.23. The van der Waals surface area contributed by atoms with Gasteiger partial charge in [-0.2, -0.15) is 0 Å². The van der Waals surface area contributed by atoms with Gasteiger partial charge >= 0.3 is 0 Å². The van der Waals surface area contributed by atoms with Crippen LogP contribution in [0.3, 0.4) is 0 Å². The molecule has 0 heterocycles. The Labute approximate surface area is 280 Å². The first kappa shape index (κ1) is 26.9. The number of hydrogen-bond acceptors (Lipinski definition) is 0. The first-order valence-electron chi connectivity index (χ1n) is 16.7. The molecule has 9 aromatic carbocycles. The van der Waals surface area contributed by atoms with Gasteiger partial charge in [0.25, 0.3) is 0 Å². The molecule has 10 rings (SSSR count). The van der Waals surface area contributed by atoms with Gasteiger partial charge < -0.3 is 0 Å². The van der Waals surface area contributed by atoms with Gasteiger partial charge in [-0.3, -0.25) is 0 Å². The van der Waals surface area contributed by atoms with Crippen LogP contribution in [0.4, 0.5) is 0 Å². The van der Waals surface area contributed by atoms with E-state index in [0.29, 0.717) is 0 Å². The Morgan fingerprint density at radius 3 is 1.08 bits per heavy atom. The molecular formula is C48H30. The molecule has 0 spiro atoms. The van der Waals surface area contributed by atoms with E-state index in [1.165, 1.54) is 99.1 Å². The van der Waals surface area contributed by atoms with E-state index in [1.54, 1.807) is 0 Å². The SMILES string of the molecule is c1ccc2c(c1)-c1ccccc1-c1ccc(-c3c4ccccc4c(-c4cccc5ccccc45)c4ccccc34)cc1-c1ccccc1-2. The Balaban J connectivity index is 1.31. The minimum Gasteiger partial charge on any atom is -0.0616 e. The Morgan fingerprint density at radius 2 is 0.562 bits per heavy atom. The molecule has 0 aliphatic heterocycles. The molecule has 0 nitrogen and oxygen atoms in total. The maximum Gasteiger partial charge on any atom is -0.00201 e. The summed E-state index contributed by atoms with van der Waals surface area (Å²) in [7, 11) is 0. The second-order valence-corrected chi connectivity index (χ2v) is 12.8. The van der Waals surface area contributed by atoms with Crippen molar-refractivity contribution in [2.24, 2.45) is 0 Å². The lowest BCUT2D eigenvalue weighted by molar-refractivity contribution is 1.52. The van der Waals surface area contributed by atoms with E-state index in [-0.39, 0.29) is 0 Å². The lowest BCUT2D eigenvalue weighted by Gasteiger charge is -2.24. The van der Waals surface area contributed by atoms with Crippen LogP contribution in [0, 0.1) is 0 Å². The second kappa shape index (κ2) is 10.7. The molecule has 0 heteroatoms. The molecule has 0 N–H and O–H groups in total. The van der Waals surface area contributed by atoms with Gasteiger partial charge in [-0.1, -0.05) is 176 Å². The lowest BCUT2D eigenvalue weighted by atomic mass is 9.79. The Hall–Kier alpha value is -6.24. The topological polar surface area (TPSA) is 0 Å². The summed E-state index contributed by atoms with van der Waals surface area (Å²) in [6, 6.07) is 67.2. The van der Waals surface area contributed by atoms with Gasteiger partial charge in [0.1, 0.15) is 0 Å². The Morgan fingerprint density at radius 1 is 0.208 bits per heavy atom. The zero-order chi connectivity index (χ0) is 31.6. The molecule has 0 saturated carbocycles. The Kier molecular flexibility index (Phi) is 5.98. The number of hydrogen-bond donors (Lipinski definition) is 0. The van der Waals surface area contributed by atoms with Crippen LogP contribution < -0.4 is 0 Å². The quantitative estimate of drug-likeness (QED) is 0.172. The molecule has 0 bridgehead atoms. The predicted molar refractivity (Wildman–Crippen MR) is 205 cm³/mol. The van der Waals surface area contributed by atoms with Gasteiger partial charge in [-0.05, 0) is 105 Å². The fourth-order valence-corrected chi connectivity index (χ4v) is 8.19. The fraction of sp³-hybridized carbons (Fsp3) is 0. The number of benzene rings is 9. The molecule has 222 valence electrons. The standard InChI is InChI=1S/C48H30/c1-2-16-33-31(14-1)15-13-27-41(33)48-44-25-11-9-23-42(44)47(43-24-10-12-26-45(43)48)32-28-29-40-38-21-6-5-19-36(38)34-17-3-4-18-35(34)37-20-7-8-22-39(37)46(40)30-32/h1-30H. The zero-order valence-electron chi connectivity index (χ0n) is 26.3. The zero-order valence-corrected chi connectivity index (χ0v) is 26.3. The van der Waals surface area contributed by atoms with E-state index in [1.807, 2.05) is 0 Å². The average molecular weight is 607 g/mol. The number of fused-ring (bicyclic) bond motifs is 11. The first-order valence-corrected chi connectivity index (χ1v) is 16.7. The van der Waals surface area contributed by atoms with Crippen LogP contribution in [-0.4, -0.2) is 0 Å². The van der Waals surface area contributed by atoms with Crippen molar-refractivity contribution in [2.45, 2.75) is 0 Å². The maximum absolute atomic E-state index is 2.45. The van der Waals surface area contributed by atoms with Crippen LogP contribution in [0.25, 0.3) is 99.1 Å². The Bertz CT molecular complexity index is 2660. The molecule has 0 radical (unpaired) electrons. The highest BCUT2D eigenvalue weighted by Crippen LogP contribution is 2.50. The van der Waals surface area contributed by atoms with Gasteiger partial charge in [-0.15, -0.1) is 0 Å². The van der Waals surface area contributed by atoms with E-state index < -0.39 is 0 Å². The van der Waals surface area contributed by atoms with E-state index in [9.17, 15) is 0 Å². The summed E-state index contributed by atoms with van der Waals surface area (Å²) in [5, 5.41) is 7.62. The fourth-order valence-electron chi connectivity index (χ4n) is 8.19. The van der Waals surface area contributed by atoms with Crippen molar-refractivity contribution in [3.8, 4) is 66.8 Å². The first-order chi connectivity index (χ1) is 23.8. The second-order valence-electron chi connectivity index (χ2n) is 12.8. The predicted octanol–water partition coefficient (Wildman–Crippen LogP) is 13.5. The summed E-state index contributed by atoms with van der Waals surface area (Å²) >= 11 is 0. The van der Waals surface area contributed by atoms with Crippen LogP contribution in [-0.2, 0) is 0 Å². The van der Waals surface area contributed by atoms with Gasteiger partial charge in [0.15, 0.2) is 0 Å². The third-order valence-corrected chi connectivity index (χ3v) is 10.2. The highest BCUT2D eigenvalue weighted by Gasteiger charge is 2.23. The summed E-state index contributed by atoms with van der Waals surface area (Å²) in [4.78, 5) is 0. The molecule has 48 heavy (non-hydrogen) atoms. The van der Waals surface area contributed by atoms with Crippen molar-refractivity contribution < 1.29 is 0 Å². The van der Waals surface area contributed by atoms with Crippen molar-refractivity contribution in [3.05, 3.63) is 182 Å². The van der Waals surface area contributed by atoms with Crippen LogP contribution in [0.5, 0.6) is 0 Å². The van der Waals surface area contributed by atoms with Crippen LogP contribution in [0.2, 0.25) is 0 Å². The van der Waals surface area contributed by atoms with Crippen molar-refractivity contribution in [2.75, 3.05) is 0 Å². The maximum atomic E-state index is 2.45. The molecule has 0 aromatic heterocycles. The van der Waals surface area contributed by atoms with Crippen LogP contribution >= 0.6 is 0 Å². The minimum atomic E-state index is 1.23. The average Bonchev–Trinajstić information content (AvgIpc) is 3.16. The largest absolute Gasteiger partial charge is 0.0616 e. The molecule has 1 aliphatic carbocycles. The smallest absolute Gasteiger partial charge is 0.00201 e. The van der Waals surface area contributed by atoms with Gasteiger partial charge in [0.05, 0.1) is 0 Å². The molecule has 0 saturated heterocycles. The molecule has 0 fully saturated rings. The molecular weight excluding hydrogens is 577 g/mol. The molecule has 0 unspecified atom stereocenters. The van der Waals surface area contributed by atoms with E-state index in [4.69, 9.17) is 0 Å². The van der Waals surface area contributed by atoms with Gasteiger partial charge in [-0.25, -0.2) is 0 Å². The van der Waals surface area contributed by atoms with E-state index in [0.717, 1.165) is 0 Å². The van der Waals surface area contributed by atoms with Crippen LogP contribution in [0.1, 0.15) is 0 Å². The summed E-state index contributed by atoms with van der Waals surface area (Å²) in [5.41, 5.74) is 15.2. The summed E-state index contributed by atoms with van der Waals surface area (Å²) in [5.74, 6) is 0. The van der Waals surface area contributed by atoms with E-state index >= 15 is 0 Å². The monoisotopic (exact) mass is 606 g/mol. The summed E-state index contributed by atoms with van der Waals surface area (Å²) < 4.78 is 0. The van der Waals surface area contributed by atoms with Crippen molar-refractivity contribution in [1.82, 2.24) is 0 Å². The normalized spacial score (nSPS) is 11.8.